The summed E-state index contributed by atoms with van der Waals surface area (Å²) in [7, 11) is 2.14. The van der Waals surface area contributed by atoms with Crippen molar-refractivity contribution in [3.63, 3.8) is 0 Å². The van der Waals surface area contributed by atoms with E-state index in [0.29, 0.717) is 0 Å². The van der Waals surface area contributed by atoms with Crippen molar-refractivity contribution >= 4 is 5.69 Å². The number of likely N-dealkylation sites (N-methyl/N-ethyl adjacent to an activating group) is 1. The molecule has 3 heterocycles. The molecule has 5 nitrogen and oxygen atoms in total. The second-order valence-corrected chi connectivity index (χ2v) is 9.59. The smallest absolute Gasteiger partial charge is 0.143 e. The second kappa shape index (κ2) is 8.83. The molecule has 4 aliphatic rings. The van der Waals surface area contributed by atoms with E-state index in [-0.39, 0.29) is 0 Å². The van der Waals surface area contributed by atoms with Crippen LogP contribution in [0.15, 0.2) is 18.2 Å². The van der Waals surface area contributed by atoms with Gasteiger partial charge in [-0.3, -0.25) is 4.90 Å². The maximum atomic E-state index is 6.04. The van der Waals surface area contributed by atoms with Crippen LogP contribution < -0.4 is 9.64 Å². The van der Waals surface area contributed by atoms with Gasteiger partial charge < -0.3 is 19.3 Å². The van der Waals surface area contributed by atoms with E-state index in [1.54, 1.807) is 0 Å². The molecule has 2 saturated heterocycles. The van der Waals surface area contributed by atoms with Crippen molar-refractivity contribution in [2.24, 2.45) is 17.8 Å². The van der Waals surface area contributed by atoms with E-state index in [1.807, 2.05) is 0 Å². The lowest BCUT2D eigenvalue weighted by molar-refractivity contribution is 0.0967. The summed E-state index contributed by atoms with van der Waals surface area (Å²) in [5.41, 5.74) is 2.60. The molecule has 3 fully saturated rings. The molecule has 1 saturated carbocycles. The van der Waals surface area contributed by atoms with Crippen LogP contribution in [0.2, 0.25) is 0 Å². The Morgan fingerprint density at radius 1 is 1.03 bits per heavy atom. The van der Waals surface area contributed by atoms with Gasteiger partial charge in [0, 0.05) is 39.8 Å². The molecule has 1 aromatic rings. The highest BCUT2D eigenvalue weighted by Crippen LogP contribution is 2.52. The Hall–Kier alpha value is -1.30. The molecule has 0 aromatic heterocycles. The van der Waals surface area contributed by atoms with Gasteiger partial charge in [0.2, 0.25) is 0 Å². The number of benzene rings is 1. The van der Waals surface area contributed by atoms with Crippen molar-refractivity contribution < 1.29 is 9.47 Å². The highest BCUT2D eigenvalue weighted by Gasteiger charge is 2.55. The lowest BCUT2D eigenvalue weighted by Gasteiger charge is -2.28. The predicted octanol–water partition coefficient (Wildman–Crippen LogP) is 3.09. The van der Waals surface area contributed by atoms with Crippen molar-refractivity contribution in [3.05, 3.63) is 23.8 Å². The number of hydrogen-bond donors (Lipinski definition) is 0. The highest BCUT2D eigenvalue weighted by atomic mass is 16.5. The second-order valence-electron chi connectivity index (χ2n) is 9.59. The van der Waals surface area contributed by atoms with Crippen LogP contribution in [0.5, 0.6) is 5.75 Å². The van der Waals surface area contributed by atoms with Crippen molar-refractivity contribution in [1.29, 1.82) is 0 Å². The van der Waals surface area contributed by atoms with Gasteiger partial charge in [0.15, 0.2) is 0 Å². The zero-order valence-corrected chi connectivity index (χ0v) is 18.0. The topological polar surface area (TPSA) is 28.2 Å². The van der Waals surface area contributed by atoms with E-state index in [4.69, 9.17) is 9.47 Å². The normalized spacial score (nSPS) is 29.4. The molecule has 3 aliphatic heterocycles. The standard InChI is InChI=1S/C24H37N3O2/c1-25-11-13-29-24-14-19(6-7-23(24)25)15-27-16-20-21(17-27)22(20)18-28-12-5-10-26-8-3-2-4-9-26/h6-7,14,20-22H,2-5,8-13,15-18H2,1H3/t20-,21+,22+. The van der Waals surface area contributed by atoms with E-state index in [0.717, 1.165) is 56.4 Å². The molecule has 1 aliphatic carbocycles. The average Bonchev–Trinajstić information content (AvgIpc) is 3.19. The van der Waals surface area contributed by atoms with Crippen LogP contribution in [0, 0.1) is 17.8 Å². The fraction of sp³-hybridized carbons (Fsp3) is 0.750. The van der Waals surface area contributed by atoms with E-state index in [2.05, 4.69) is 39.9 Å². The zero-order valence-electron chi connectivity index (χ0n) is 18.0. The zero-order chi connectivity index (χ0) is 19.6. The SMILES string of the molecule is CN1CCOc2cc(CN3C[C@@H]4[C@@H](COCCCN5CCCCC5)[C@@H]4C3)ccc21. The molecule has 5 heteroatoms. The van der Waals surface area contributed by atoms with Gasteiger partial charge in [-0.15, -0.1) is 0 Å². The number of rotatable bonds is 8. The van der Waals surface area contributed by atoms with E-state index >= 15 is 0 Å². The third-order valence-corrected chi connectivity index (χ3v) is 7.49. The van der Waals surface area contributed by atoms with Gasteiger partial charge in [0.25, 0.3) is 0 Å². The fourth-order valence-corrected chi connectivity index (χ4v) is 5.66. The van der Waals surface area contributed by atoms with Crippen LogP contribution in [0.4, 0.5) is 5.69 Å². The number of fused-ring (bicyclic) bond motifs is 2. The summed E-state index contributed by atoms with van der Waals surface area (Å²) in [6.07, 6.45) is 5.40. The average molecular weight is 400 g/mol. The molecular formula is C24H37N3O2. The first-order valence-electron chi connectivity index (χ1n) is 11.8. The van der Waals surface area contributed by atoms with Crippen molar-refractivity contribution in [2.45, 2.75) is 32.2 Å². The molecule has 0 bridgehead atoms. The Morgan fingerprint density at radius 3 is 2.69 bits per heavy atom. The highest BCUT2D eigenvalue weighted by molar-refractivity contribution is 5.60. The quantitative estimate of drug-likeness (QED) is 0.627. The number of anilines is 1. The van der Waals surface area contributed by atoms with E-state index in [1.165, 1.54) is 69.7 Å². The lowest BCUT2D eigenvalue weighted by Crippen LogP contribution is -2.31. The number of piperidine rings is 2. The van der Waals surface area contributed by atoms with Crippen LogP contribution in [0.25, 0.3) is 0 Å². The minimum Gasteiger partial charge on any atom is -0.490 e. The summed E-state index contributed by atoms with van der Waals surface area (Å²) in [4.78, 5) is 7.52. The first-order chi connectivity index (χ1) is 14.3. The summed E-state index contributed by atoms with van der Waals surface area (Å²) in [5, 5.41) is 0. The predicted molar refractivity (Wildman–Crippen MR) is 117 cm³/mol. The van der Waals surface area contributed by atoms with E-state index < -0.39 is 0 Å². The summed E-state index contributed by atoms with van der Waals surface area (Å²) in [5.74, 6) is 3.62. The van der Waals surface area contributed by atoms with Crippen molar-refractivity contribution in [1.82, 2.24) is 9.80 Å². The molecule has 0 radical (unpaired) electrons. The minimum absolute atomic E-state index is 0.792. The maximum Gasteiger partial charge on any atom is 0.143 e. The van der Waals surface area contributed by atoms with Gasteiger partial charge in [0.05, 0.1) is 18.8 Å². The van der Waals surface area contributed by atoms with Gasteiger partial charge in [0.1, 0.15) is 12.4 Å². The van der Waals surface area contributed by atoms with Gasteiger partial charge in [-0.05, 0) is 67.8 Å². The number of ether oxygens (including phenoxy) is 2. The Morgan fingerprint density at radius 2 is 1.86 bits per heavy atom. The number of likely N-dealkylation sites (tertiary alicyclic amines) is 2. The van der Waals surface area contributed by atoms with Gasteiger partial charge in [-0.2, -0.15) is 0 Å². The number of nitrogens with zero attached hydrogens (tertiary/aromatic N) is 3. The maximum absolute atomic E-state index is 6.04. The Labute approximate surface area is 175 Å². The molecule has 5 rings (SSSR count). The lowest BCUT2D eigenvalue weighted by atomic mass is 10.1. The summed E-state index contributed by atoms with van der Waals surface area (Å²) < 4.78 is 11.9. The van der Waals surface area contributed by atoms with Crippen LogP contribution >= 0.6 is 0 Å². The van der Waals surface area contributed by atoms with Crippen LogP contribution in [0.3, 0.4) is 0 Å². The van der Waals surface area contributed by atoms with Crippen molar-refractivity contribution in [2.75, 3.05) is 71.0 Å². The molecule has 0 amide bonds. The summed E-state index contributed by atoms with van der Waals surface area (Å²) in [6.45, 7) is 11.1. The molecule has 3 atom stereocenters. The fourth-order valence-electron chi connectivity index (χ4n) is 5.66. The Balaban J connectivity index is 0.993. The molecule has 1 aromatic carbocycles. The Bertz CT molecular complexity index is 679. The first-order valence-corrected chi connectivity index (χ1v) is 11.8. The van der Waals surface area contributed by atoms with Crippen molar-refractivity contribution in [3.8, 4) is 5.75 Å². The third kappa shape index (κ3) is 4.57. The van der Waals surface area contributed by atoms with E-state index in [9.17, 15) is 0 Å². The van der Waals surface area contributed by atoms with Crippen LogP contribution in [0.1, 0.15) is 31.2 Å². The molecule has 0 unspecified atom stereocenters. The molecule has 29 heavy (non-hydrogen) atoms. The largest absolute Gasteiger partial charge is 0.490 e. The number of hydrogen-bond acceptors (Lipinski definition) is 5. The molecule has 160 valence electrons. The monoisotopic (exact) mass is 399 g/mol. The van der Waals surface area contributed by atoms with Crippen LogP contribution in [-0.4, -0.2) is 75.9 Å². The van der Waals surface area contributed by atoms with Gasteiger partial charge in [-0.25, -0.2) is 0 Å². The molecule has 0 spiro atoms. The van der Waals surface area contributed by atoms with Gasteiger partial charge in [-0.1, -0.05) is 12.5 Å². The Kier molecular flexibility index (Phi) is 5.98. The first kappa shape index (κ1) is 19.7. The molecular weight excluding hydrogens is 362 g/mol. The third-order valence-electron chi connectivity index (χ3n) is 7.49. The molecule has 0 N–H and O–H groups in total. The van der Waals surface area contributed by atoms with Gasteiger partial charge >= 0.3 is 0 Å². The minimum atomic E-state index is 0.792. The summed E-state index contributed by atoms with van der Waals surface area (Å²) >= 11 is 0. The summed E-state index contributed by atoms with van der Waals surface area (Å²) in [6, 6.07) is 6.75. The van der Waals surface area contributed by atoms with Crippen LogP contribution in [-0.2, 0) is 11.3 Å².